The topological polar surface area (TPSA) is 44.3 Å². The van der Waals surface area contributed by atoms with Crippen LogP contribution in [0.15, 0.2) is 29.2 Å². The maximum atomic E-state index is 6.44. The van der Waals surface area contributed by atoms with Crippen LogP contribution in [0.1, 0.15) is 19.4 Å². The van der Waals surface area contributed by atoms with Crippen LogP contribution >= 0.6 is 40.3 Å². The van der Waals surface area contributed by atoms with Crippen molar-refractivity contribution in [3.8, 4) is 0 Å². The summed E-state index contributed by atoms with van der Waals surface area (Å²) in [5.74, 6) is 1.38. The van der Waals surface area contributed by atoms with Crippen molar-refractivity contribution in [2.24, 2.45) is 0 Å². The molecule has 0 saturated heterocycles. The summed E-state index contributed by atoms with van der Waals surface area (Å²) in [5.41, 5.74) is 2.25. The fraction of sp³-hybridized carbons (Fsp3) is 0.474. The highest BCUT2D eigenvalue weighted by molar-refractivity contribution is 8.93. The van der Waals surface area contributed by atoms with Gasteiger partial charge in [0.15, 0.2) is 0 Å². The lowest BCUT2D eigenvalue weighted by atomic mass is 10.2. The number of aryl methyl sites for hydroxylation is 1. The molecule has 0 radical (unpaired) electrons. The lowest BCUT2D eigenvalue weighted by Gasteiger charge is -2.21. The molecule has 0 saturated carbocycles. The maximum Gasteiger partial charge on any atom is 0.233 e. The molecule has 0 fully saturated rings. The van der Waals surface area contributed by atoms with E-state index in [9.17, 15) is 0 Å². The van der Waals surface area contributed by atoms with Gasteiger partial charge in [0, 0.05) is 25.8 Å². The molecule has 0 amide bonds. The smallest absolute Gasteiger partial charge is 0.233 e. The third-order valence-corrected chi connectivity index (χ3v) is 5.53. The zero-order valence-corrected chi connectivity index (χ0v) is 19.9. The van der Waals surface area contributed by atoms with Crippen molar-refractivity contribution in [3.63, 3.8) is 0 Å². The number of rotatable bonds is 9. The summed E-state index contributed by atoms with van der Waals surface area (Å²) in [7, 11) is 1.95. The number of benzene rings is 1. The summed E-state index contributed by atoms with van der Waals surface area (Å²) in [5, 5.41) is 3.91. The van der Waals surface area contributed by atoms with E-state index in [2.05, 4.69) is 60.2 Å². The fourth-order valence-electron chi connectivity index (χ4n) is 2.62. The van der Waals surface area contributed by atoms with Gasteiger partial charge in [-0.1, -0.05) is 43.1 Å². The molecule has 1 N–H and O–H groups in total. The van der Waals surface area contributed by atoms with Gasteiger partial charge in [-0.2, -0.15) is 9.97 Å². The highest BCUT2D eigenvalue weighted by Crippen LogP contribution is 2.33. The zero-order valence-electron chi connectivity index (χ0n) is 16.6. The van der Waals surface area contributed by atoms with Crippen molar-refractivity contribution in [2.45, 2.75) is 25.7 Å². The zero-order chi connectivity index (χ0) is 19.1. The van der Waals surface area contributed by atoms with Crippen molar-refractivity contribution >= 4 is 57.8 Å². The first kappa shape index (κ1) is 24.0. The SMILES string of the molecule is Br.CCN(CC)CCNc1nc(N(C)c2ccc(C)cc2)nc(Cl)c1SC. The molecule has 2 rings (SSSR count). The molecule has 2 aromatic rings. The van der Waals surface area contributed by atoms with Crippen molar-refractivity contribution in [1.82, 2.24) is 14.9 Å². The molecule has 0 unspecified atom stereocenters. The second-order valence-electron chi connectivity index (χ2n) is 6.04. The fourth-order valence-corrected chi connectivity index (χ4v) is 3.54. The molecule has 1 heterocycles. The van der Waals surface area contributed by atoms with E-state index < -0.39 is 0 Å². The normalized spacial score (nSPS) is 10.6. The van der Waals surface area contributed by atoms with Gasteiger partial charge in [-0.05, 0) is 38.4 Å². The van der Waals surface area contributed by atoms with Crippen LogP contribution in [0.2, 0.25) is 5.15 Å². The largest absolute Gasteiger partial charge is 0.368 e. The Labute approximate surface area is 182 Å². The minimum atomic E-state index is 0. The average molecular weight is 475 g/mol. The van der Waals surface area contributed by atoms with Crippen LogP contribution in [0.25, 0.3) is 0 Å². The standard InChI is InChI=1S/C19H28ClN5S.BrH/c1-6-25(7-2)13-12-21-18-16(26-5)17(20)22-19(23-18)24(4)15-10-8-14(3)9-11-15;/h8-11H,6-7,12-13H2,1-5H3,(H,21,22,23);1H. The third kappa shape index (κ3) is 6.52. The van der Waals surface area contributed by atoms with E-state index >= 15 is 0 Å². The number of nitrogens with zero attached hydrogens (tertiary/aromatic N) is 4. The van der Waals surface area contributed by atoms with Crippen LogP contribution in [0.3, 0.4) is 0 Å². The van der Waals surface area contributed by atoms with E-state index in [1.807, 2.05) is 18.2 Å². The molecule has 8 heteroatoms. The number of hydrogen-bond acceptors (Lipinski definition) is 6. The minimum absolute atomic E-state index is 0. The Morgan fingerprint density at radius 2 is 1.74 bits per heavy atom. The highest BCUT2D eigenvalue weighted by atomic mass is 79.9. The summed E-state index contributed by atoms with van der Waals surface area (Å²) in [6.45, 7) is 10.3. The maximum absolute atomic E-state index is 6.44. The lowest BCUT2D eigenvalue weighted by molar-refractivity contribution is 0.316. The van der Waals surface area contributed by atoms with Crippen molar-refractivity contribution in [2.75, 3.05) is 49.7 Å². The van der Waals surface area contributed by atoms with Gasteiger partial charge in [-0.3, -0.25) is 0 Å². The highest BCUT2D eigenvalue weighted by Gasteiger charge is 2.16. The Kier molecular flexibility index (Phi) is 10.4. The second-order valence-corrected chi connectivity index (χ2v) is 7.22. The van der Waals surface area contributed by atoms with Crippen LogP contribution in [-0.4, -0.2) is 54.4 Å². The van der Waals surface area contributed by atoms with Crippen LogP contribution in [0.5, 0.6) is 0 Å². The first-order chi connectivity index (χ1) is 12.5. The van der Waals surface area contributed by atoms with Gasteiger partial charge in [0.2, 0.25) is 5.95 Å². The van der Waals surface area contributed by atoms with E-state index in [0.717, 1.165) is 42.6 Å². The van der Waals surface area contributed by atoms with E-state index in [4.69, 9.17) is 16.6 Å². The number of hydrogen-bond donors (Lipinski definition) is 1. The van der Waals surface area contributed by atoms with Gasteiger partial charge in [-0.15, -0.1) is 28.7 Å². The van der Waals surface area contributed by atoms with Crippen molar-refractivity contribution in [1.29, 1.82) is 0 Å². The average Bonchev–Trinajstić information content (AvgIpc) is 2.65. The van der Waals surface area contributed by atoms with Gasteiger partial charge in [0.05, 0.1) is 4.90 Å². The summed E-state index contributed by atoms with van der Waals surface area (Å²) in [6, 6.07) is 8.27. The minimum Gasteiger partial charge on any atom is -0.368 e. The second kappa shape index (κ2) is 11.7. The van der Waals surface area contributed by atoms with E-state index in [-0.39, 0.29) is 17.0 Å². The summed E-state index contributed by atoms with van der Waals surface area (Å²) in [6.07, 6.45) is 1.99. The molecule has 1 aromatic heterocycles. The van der Waals surface area contributed by atoms with Crippen molar-refractivity contribution < 1.29 is 0 Å². The molecule has 0 aliphatic carbocycles. The molecule has 5 nitrogen and oxygen atoms in total. The van der Waals surface area contributed by atoms with Gasteiger partial charge in [0.25, 0.3) is 0 Å². The van der Waals surface area contributed by atoms with Crippen LogP contribution < -0.4 is 10.2 Å². The number of halogens is 2. The van der Waals surface area contributed by atoms with Gasteiger partial charge in [0.1, 0.15) is 11.0 Å². The Morgan fingerprint density at radius 1 is 1.11 bits per heavy atom. The van der Waals surface area contributed by atoms with Crippen LogP contribution in [0, 0.1) is 6.92 Å². The molecule has 27 heavy (non-hydrogen) atoms. The lowest BCUT2D eigenvalue weighted by Crippen LogP contribution is -2.29. The molecular formula is C19H29BrClN5S. The molecule has 0 aliphatic heterocycles. The number of nitrogens with one attached hydrogen (secondary N) is 1. The number of likely N-dealkylation sites (N-methyl/N-ethyl adjacent to an activating group) is 1. The molecule has 150 valence electrons. The number of aromatic nitrogens is 2. The monoisotopic (exact) mass is 473 g/mol. The van der Waals surface area contributed by atoms with Gasteiger partial charge >= 0.3 is 0 Å². The van der Waals surface area contributed by atoms with E-state index in [1.165, 1.54) is 5.56 Å². The van der Waals surface area contributed by atoms with Gasteiger partial charge < -0.3 is 15.1 Å². The molecular weight excluding hydrogens is 446 g/mol. The molecule has 1 aromatic carbocycles. The summed E-state index contributed by atoms with van der Waals surface area (Å²) in [4.78, 5) is 14.4. The number of thioether (sulfide) groups is 1. The summed E-state index contributed by atoms with van der Waals surface area (Å²) >= 11 is 8.00. The first-order valence-corrected chi connectivity index (χ1v) is 10.5. The number of anilines is 3. The van der Waals surface area contributed by atoms with Crippen LogP contribution in [-0.2, 0) is 0 Å². The quantitative estimate of drug-likeness (QED) is 0.395. The Hall–Kier alpha value is -1.02. The van der Waals surface area contributed by atoms with Crippen LogP contribution in [0.4, 0.5) is 17.5 Å². The molecule has 0 bridgehead atoms. The summed E-state index contributed by atoms with van der Waals surface area (Å²) < 4.78 is 0. The molecule has 0 spiro atoms. The molecule has 0 aliphatic rings. The van der Waals surface area contributed by atoms with Crippen molar-refractivity contribution in [3.05, 3.63) is 35.0 Å². The van der Waals surface area contributed by atoms with E-state index in [0.29, 0.717) is 11.1 Å². The predicted molar refractivity (Wildman–Crippen MR) is 125 cm³/mol. The Balaban J connectivity index is 0.00000364. The van der Waals surface area contributed by atoms with E-state index in [1.54, 1.807) is 11.8 Å². The Bertz CT molecular complexity index is 710. The molecule has 0 atom stereocenters. The van der Waals surface area contributed by atoms with Gasteiger partial charge in [-0.25, -0.2) is 0 Å². The third-order valence-electron chi connectivity index (χ3n) is 4.35. The predicted octanol–water partition coefficient (Wildman–Crippen LogP) is 5.26. The Morgan fingerprint density at radius 3 is 2.30 bits per heavy atom. The first-order valence-electron chi connectivity index (χ1n) is 8.88.